The molecule has 0 aliphatic carbocycles. The second kappa shape index (κ2) is 6.17. The van der Waals surface area contributed by atoms with Crippen molar-refractivity contribution in [2.45, 2.75) is 24.3 Å². The van der Waals surface area contributed by atoms with E-state index >= 15 is 0 Å². The number of rotatable bonds is 3. The lowest BCUT2D eigenvalue weighted by Gasteiger charge is -2.23. The molecule has 19 heavy (non-hydrogen) atoms. The van der Waals surface area contributed by atoms with E-state index in [9.17, 15) is 12.8 Å². The van der Waals surface area contributed by atoms with Gasteiger partial charge in [-0.15, -0.1) is 12.4 Å². The topological polar surface area (TPSA) is 49.4 Å². The molecule has 0 bridgehead atoms. The lowest BCUT2D eigenvalue weighted by molar-refractivity contribution is 0.387. The van der Waals surface area contributed by atoms with E-state index in [-0.39, 0.29) is 23.3 Å². The maximum atomic E-state index is 13.3. The molecule has 1 aliphatic rings. The van der Waals surface area contributed by atoms with Crippen molar-refractivity contribution in [2.24, 2.45) is 0 Å². The maximum Gasteiger partial charge on any atom is 0.243 e. The summed E-state index contributed by atoms with van der Waals surface area (Å²) < 4.78 is 39.3. The van der Waals surface area contributed by atoms with Gasteiger partial charge in [-0.3, -0.25) is 0 Å². The van der Waals surface area contributed by atoms with Crippen LogP contribution in [0, 0.1) is 12.7 Å². The molecule has 108 valence electrons. The van der Waals surface area contributed by atoms with Gasteiger partial charge in [0.1, 0.15) is 5.82 Å². The zero-order valence-corrected chi connectivity index (χ0v) is 12.5. The molecule has 1 N–H and O–H groups in total. The Morgan fingerprint density at radius 2 is 2.05 bits per heavy atom. The zero-order chi connectivity index (χ0) is 13.3. The van der Waals surface area contributed by atoms with Crippen LogP contribution >= 0.6 is 12.4 Å². The summed E-state index contributed by atoms with van der Waals surface area (Å²) in [5.41, 5.74) is 0.603. The number of sulfonamides is 1. The van der Waals surface area contributed by atoms with Gasteiger partial charge in [0.15, 0.2) is 0 Å². The van der Waals surface area contributed by atoms with Gasteiger partial charge in [0.25, 0.3) is 0 Å². The molecule has 1 aromatic rings. The molecule has 0 saturated carbocycles. The lowest BCUT2D eigenvalue weighted by Crippen LogP contribution is -2.38. The Hall–Kier alpha value is -0.690. The molecule has 1 aliphatic heterocycles. The van der Waals surface area contributed by atoms with Gasteiger partial charge in [-0.05, 0) is 43.7 Å². The first kappa shape index (κ1) is 16.4. The summed E-state index contributed by atoms with van der Waals surface area (Å²) in [6, 6.07) is 3.83. The zero-order valence-electron chi connectivity index (χ0n) is 10.9. The number of hydrogen-bond donors (Lipinski definition) is 1. The van der Waals surface area contributed by atoms with Crippen molar-refractivity contribution in [3.8, 4) is 0 Å². The molecule has 1 saturated heterocycles. The summed E-state index contributed by atoms with van der Waals surface area (Å²) in [7, 11) is -2.07. The van der Waals surface area contributed by atoms with Gasteiger partial charge >= 0.3 is 0 Å². The van der Waals surface area contributed by atoms with Gasteiger partial charge in [0, 0.05) is 19.6 Å². The lowest BCUT2D eigenvalue weighted by atomic mass is 10.2. The van der Waals surface area contributed by atoms with E-state index in [4.69, 9.17) is 0 Å². The van der Waals surface area contributed by atoms with Crippen molar-refractivity contribution >= 4 is 22.4 Å². The first-order valence-electron chi connectivity index (χ1n) is 5.87. The first-order chi connectivity index (χ1) is 8.41. The van der Waals surface area contributed by atoms with Gasteiger partial charge in [-0.25, -0.2) is 12.8 Å². The number of likely N-dealkylation sites (N-methyl/N-ethyl adjacent to an activating group) is 1. The molecule has 0 radical (unpaired) electrons. The van der Waals surface area contributed by atoms with Crippen LogP contribution in [-0.4, -0.2) is 38.9 Å². The van der Waals surface area contributed by atoms with E-state index in [0.717, 1.165) is 19.0 Å². The SMILES string of the molecule is Cc1cc(F)cc(S(=O)(=O)N(C)C2CCNC2)c1.Cl. The van der Waals surface area contributed by atoms with E-state index in [1.807, 2.05) is 0 Å². The highest BCUT2D eigenvalue weighted by atomic mass is 35.5. The average Bonchev–Trinajstić information content (AvgIpc) is 2.79. The fraction of sp³-hybridized carbons (Fsp3) is 0.500. The third-order valence-corrected chi connectivity index (χ3v) is 5.13. The number of benzene rings is 1. The van der Waals surface area contributed by atoms with Gasteiger partial charge in [0.2, 0.25) is 10.0 Å². The minimum Gasteiger partial charge on any atom is -0.315 e. The predicted molar refractivity (Wildman–Crippen MR) is 74.6 cm³/mol. The van der Waals surface area contributed by atoms with Crippen LogP contribution in [0.2, 0.25) is 0 Å². The van der Waals surface area contributed by atoms with Crippen molar-refractivity contribution in [1.29, 1.82) is 0 Å². The van der Waals surface area contributed by atoms with Crippen LogP contribution in [-0.2, 0) is 10.0 Å². The molecule has 0 aromatic heterocycles. The molecule has 0 amide bonds. The molecule has 1 fully saturated rings. The Labute approximate surface area is 119 Å². The Kier molecular flexibility index (Phi) is 5.32. The smallest absolute Gasteiger partial charge is 0.243 e. The highest BCUT2D eigenvalue weighted by Crippen LogP contribution is 2.21. The molecule has 1 heterocycles. The fourth-order valence-electron chi connectivity index (χ4n) is 2.16. The van der Waals surface area contributed by atoms with E-state index in [1.165, 1.54) is 16.4 Å². The van der Waals surface area contributed by atoms with Crippen molar-refractivity contribution in [3.05, 3.63) is 29.6 Å². The standard InChI is InChI=1S/C12H17FN2O2S.ClH/c1-9-5-10(13)7-12(6-9)18(16,17)15(2)11-3-4-14-8-11;/h5-7,11,14H,3-4,8H2,1-2H3;1H. The van der Waals surface area contributed by atoms with Crippen molar-refractivity contribution in [1.82, 2.24) is 9.62 Å². The molecular formula is C12H18ClFN2O2S. The van der Waals surface area contributed by atoms with Gasteiger partial charge in [0.05, 0.1) is 4.90 Å². The summed E-state index contributed by atoms with van der Waals surface area (Å²) in [6.07, 6.45) is 0.782. The van der Waals surface area contributed by atoms with Crippen molar-refractivity contribution < 1.29 is 12.8 Å². The minimum absolute atomic E-state index is 0. The average molecular weight is 309 g/mol. The number of halogens is 2. The summed E-state index contributed by atoms with van der Waals surface area (Å²) in [6.45, 7) is 3.13. The Morgan fingerprint density at radius 1 is 1.37 bits per heavy atom. The highest BCUT2D eigenvalue weighted by Gasteiger charge is 2.30. The second-order valence-electron chi connectivity index (χ2n) is 4.63. The van der Waals surface area contributed by atoms with Crippen molar-refractivity contribution in [3.63, 3.8) is 0 Å². The predicted octanol–water partition coefficient (Wildman–Crippen LogP) is 1.54. The third kappa shape index (κ3) is 3.45. The summed E-state index contributed by atoms with van der Waals surface area (Å²) in [5, 5.41) is 3.12. The number of hydrogen-bond acceptors (Lipinski definition) is 3. The molecule has 4 nitrogen and oxygen atoms in total. The molecule has 1 unspecified atom stereocenters. The highest BCUT2D eigenvalue weighted by molar-refractivity contribution is 7.89. The Balaban J connectivity index is 0.00000180. The summed E-state index contributed by atoms with van der Waals surface area (Å²) in [4.78, 5) is 0.0226. The Bertz CT molecular complexity index is 524. The van der Waals surface area contributed by atoms with Crippen LogP contribution in [0.1, 0.15) is 12.0 Å². The number of aryl methyl sites for hydroxylation is 1. The molecular weight excluding hydrogens is 291 g/mol. The summed E-state index contributed by atoms with van der Waals surface area (Å²) in [5.74, 6) is -0.522. The van der Waals surface area contributed by atoms with Crippen LogP contribution in [0.5, 0.6) is 0 Å². The second-order valence-corrected chi connectivity index (χ2v) is 6.63. The van der Waals surface area contributed by atoms with E-state index in [1.54, 1.807) is 14.0 Å². The van der Waals surface area contributed by atoms with Crippen LogP contribution in [0.25, 0.3) is 0 Å². The molecule has 2 rings (SSSR count). The largest absolute Gasteiger partial charge is 0.315 e. The van der Waals surface area contributed by atoms with Gasteiger partial charge < -0.3 is 5.32 Å². The van der Waals surface area contributed by atoms with Crippen LogP contribution < -0.4 is 5.32 Å². The monoisotopic (exact) mass is 308 g/mol. The maximum absolute atomic E-state index is 13.3. The van der Waals surface area contributed by atoms with Crippen LogP contribution in [0.15, 0.2) is 23.1 Å². The first-order valence-corrected chi connectivity index (χ1v) is 7.31. The molecule has 0 spiro atoms. The van der Waals surface area contributed by atoms with E-state index < -0.39 is 15.8 Å². The fourth-order valence-corrected chi connectivity index (χ4v) is 3.67. The van der Waals surface area contributed by atoms with Crippen molar-refractivity contribution in [2.75, 3.05) is 20.1 Å². The van der Waals surface area contributed by atoms with Gasteiger partial charge in [-0.1, -0.05) is 0 Å². The molecule has 1 aromatic carbocycles. The normalized spacial score (nSPS) is 19.5. The molecule has 1 atom stereocenters. The van der Waals surface area contributed by atoms with E-state index in [2.05, 4.69) is 5.32 Å². The third-order valence-electron chi connectivity index (χ3n) is 3.24. The minimum atomic E-state index is -3.61. The Morgan fingerprint density at radius 3 is 2.58 bits per heavy atom. The number of nitrogens with one attached hydrogen (secondary N) is 1. The quantitative estimate of drug-likeness (QED) is 0.921. The van der Waals surface area contributed by atoms with E-state index in [0.29, 0.717) is 12.1 Å². The molecule has 7 heteroatoms. The van der Waals surface area contributed by atoms with Crippen LogP contribution in [0.4, 0.5) is 4.39 Å². The summed E-state index contributed by atoms with van der Waals surface area (Å²) >= 11 is 0. The van der Waals surface area contributed by atoms with Gasteiger partial charge in [-0.2, -0.15) is 4.31 Å². The number of nitrogens with zero attached hydrogens (tertiary/aromatic N) is 1. The van der Waals surface area contributed by atoms with Crippen LogP contribution in [0.3, 0.4) is 0 Å².